The molecule has 102 valence electrons. The van der Waals surface area contributed by atoms with Crippen molar-refractivity contribution < 1.29 is 0 Å². The molecule has 7 heteroatoms. The monoisotopic (exact) mass is 269 g/mol. The van der Waals surface area contributed by atoms with Gasteiger partial charge in [0, 0.05) is 23.8 Å². The fourth-order valence-electron chi connectivity index (χ4n) is 2.12. The second kappa shape index (κ2) is 5.14. The Morgan fingerprint density at radius 2 is 2.25 bits per heavy atom. The van der Waals surface area contributed by atoms with Crippen LogP contribution in [0.3, 0.4) is 0 Å². The predicted octanol–water partition coefficient (Wildman–Crippen LogP) is 1.40. The number of benzene rings is 1. The van der Waals surface area contributed by atoms with Gasteiger partial charge in [0.05, 0.1) is 11.7 Å². The van der Waals surface area contributed by atoms with E-state index in [1.165, 1.54) is 0 Å². The minimum absolute atomic E-state index is 0.245. The Hall–Kier alpha value is -2.67. The Bertz CT molecular complexity index is 734. The van der Waals surface area contributed by atoms with Crippen LogP contribution in [0.25, 0.3) is 10.9 Å². The average Bonchev–Trinajstić information content (AvgIpc) is 2.87. The summed E-state index contributed by atoms with van der Waals surface area (Å²) in [5.74, 6) is 0.908. The zero-order valence-corrected chi connectivity index (χ0v) is 11.0. The Morgan fingerprint density at radius 3 is 3.05 bits per heavy atom. The molecule has 0 aliphatic heterocycles. The number of nitrogens with zero attached hydrogens (tertiary/aromatic N) is 3. The second-order valence-corrected chi connectivity index (χ2v) is 4.43. The molecule has 0 aliphatic rings. The third-order valence-corrected chi connectivity index (χ3v) is 2.94. The first kappa shape index (κ1) is 12.4. The van der Waals surface area contributed by atoms with Crippen molar-refractivity contribution in [1.29, 1.82) is 0 Å². The summed E-state index contributed by atoms with van der Waals surface area (Å²) in [4.78, 5) is 8.00. The van der Waals surface area contributed by atoms with Crippen molar-refractivity contribution in [2.75, 3.05) is 18.1 Å². The van der Waals surface area contributed by atoms with Crippen molar-refractivity contribution in [2.45, 2.75) is 6.54 Å². The largest absolute Gasteiger partial charge is 0.368 e. The Morgan fingerprint density at radius 1 is 1.35 bits per heavy atom. The lowest BCUT2D eigenvalue weighted by molar-refractivity contribution is 0.821. The summed E-state index contributed by atoms with van der Waals surface area (Å²) in [5.41, 5.74) is 8.68. The number of hydrogen-bond acceptors (Lipinski definition) is 6. The van der Waals surface area contributed by atoms with E-state index in [0.29, 0.717) is 5.82 Å². The molecule has 0 spiro atoms. The molecule has 3 aromatic rings. The summed E-state index contributed by atoms with van der Waals surface area (Å²) >= 11 is 0. The number of rotatable bonds is 4. The van der Waals surface area contributed by atoms with E-state index in [1.807, 2.05) is 13.1 Å². The van der Waals surface area contributed by atoms with E-state index >= 15 is 0 Å². The van der Waals surface area contributed by atoms with Gasteiger partial charge in [-0.3, -0.25) is 5.10 Å². The van der Waals surface area contributed by atoms with Crippen LogP contribution in [-0.2, 0) is 6.54 Å². The molecule has 0 bridgehead atoms. The van der Waals surface area contributed by atoms with Crippen LogP contribution in [0, 0.1) is 0 Å². The van der Waals surface area contributed by atoms with Gasteiger partial charge in [-0.15, -0.1) is 0 Å². The van der Waals surface area contributed by atoms with Gasteiger partial charge in [0.15, 0.2) is 0 Å². The zero-order chi connectivity index (χ0) is 13.9. The summed E-state index contributed by atoms with van der Waals surface area (Å²) in [6, 6.07) is 5.83. The number of anilines is 3. The van der Waals surface area contributed by atoms with Crippen LogP contribution < -0.4 is 16.4 Å². The second-order valence-electron chi connectivity index (χ2n) is 4.43. The van der Waals surface area contributed by atoms with E-state index in [4.69, 9.17) is 5.73 Å². The van der Waals surface area contributed by atoms with Crippen LogP contribution in [0.15, 0.2) is 30.6 Å². The minimum atomic E-state index is 0.245. The van der Waals surface area contributed by atoms with Crippen molar-refractivity contribution >= 4 is 28.4 Å². The van der Waals surface area contributed by atoms with Gasteiger partial charge in [-0.25, -0.2) is 4.98 Å². The molecule has 5 N–H and O–H groups in total. The van der Waals surface area contributed by atoms with Crippen molar-refractivity contribution in [1.82, 2.24) is 25.5 Å². The number of nitrogens with two attached hydrogens (primary N) is 1. The molecule has 2 aromatic heterocycles. The van der Waals surface area contributed by atoms with E-state index in [-0.39, 0.29) is 5.95 Å². The first-order valence-corrected chi connectivity index (χ1v) is 6.22. The summed E-state index contributed by atoms with van der Waals surface area (Å²) in [5, 5.41) is 14.5. The number of fused-ring (bicyclic) bond motifs is 1. The maximum absolute atomic E-state index is 5.58. The topological polar surface area (TPSA) is 105 Å². The van der Waals surface area contributed by atoms with E-state index in [2.05, 4.69) is 36.9 Å². The van der Waals surface area contributed by atoms with Gasteiger partial charge >= 0.3 is 0 Å². The molecular weight excluding hydrogens is 254 g/mol. The van der Waals surface area contributed by atoms with Crippen LogP contribution in [0.2, 0.25) is 0 Å². The highest BCUT2D eigenvalue weighted by atomic mass is 15.1. The molecule has 7 nitrogen and oxygen atoms in total. The van der Waals surface area contributed by atoms with Crippen molar-refractivity contribution in [3.05, 3.63) is 36.2 Å². The summed E-state index contributed by atoms with van der Waals surface area (Å²) in [6.07, 6.45) is 3.42. The van der Waals surface area contributed by atoms with Gasteiger partial charge < -0.3 is 16.4 Å². The van der Waals surface area contributed by atoms with E-state index in [0.717, 1.165) is 28.7 Å². The van der Waals surface area contributed by atoms with E-state index in [1.54, 1.807) is 18.5 Å². The van der Waals surface area contributed by atoms with Gasteiger partial charge in [0.25, 0.3) is 0 Å². The van der Waals surface area contributed by atoms with Crippen LogP contribution in [0.4, 0.5) is 17.5 Å². The van der Waals surface area contributed by atoms with Gasteiger partial charge in [-0.05, 0) is 30.8 Å². The lowest BCUT2D eigenvalue weighted by atomic mass is 10.1. The molecule has 0 amide bonds. The Labute approximate surface area is 115 Å². The van der Waals surface area contributed by atoms with Gasteiger partial charge in [-0.2, -0.15) is 10.1 Å². The van der Waals surface area contributed by atoms with Crippen LogP contribution in [-0.4, -0.2) is 27.2 Å². The number of aromatic nitrogens is 4. The molecule has 20 heavy (non-hydrogen) atoms. The smallest absolute Gasteiger partial charge is 0.221 e. The normalized spacial score (nSPS) is 10.8. The molecule has 2 heterocycles. The minimum Gasteiger partial charge on any atom is -0.368 e. The molecule has 0 fully saturated rings. The zero-order valence-electron chi connectivity index (χ0n) is 11.0. The lowest BCUT2D eigenvalue weighted by Crippen LogP contribution is -2.06. The third kappa shape index (κ3) is 2.39. The predicted molar refractivity (Wildman–Crippen MR) is 78.6 cm³/mol. The molecule has 0 saturated heterocycles. The summed E-state index contributed by atoms with van der Waals surface area (Å²) in [7, 11) is 1.91. The molecule has 0 atom stereocenters. The van der Waals surface area contributed by atoms with Crippen molar-refractivity contribution in [2.24, 2.45) is 0 Å². The van der Waals surface area contributed by atoms with Crippen LogP contribution in [0.5, 0.6) is 0 Å². The van der Waals surface area contributed by atoms with Crippen LogP contribution >= 0.6 is 0 Å². The van der Waals surface area contributed by atoms with Crippen LogP contribution in [0.1, 0.15) is 5.56 Å². The molecule has 3 rings (SSSR count). The van der Waals surface area contributed by atoms with Gasteiger partial charge in [0.1, 0.15) is 5.82 Å². The average molecular weight is 269 g/mol. The fourth-order valence-corrected chi connectivity index (χ4v) is 2.12. The molecule has 1 aromatic carbocycles. The first-order chi connectivity index (χ1) is 9.76. The molecule has 0 aliphatic carbocycles. The molecule has 0 radical (unpaired) electrons. The Kier molecular flexibility index (Phi) is 3.18. The third-order valence-electron chi connectivity index (χ3n) is 2.94. The lowest BCUT2D eigenvalue weighted by Gasteiger charge is -2.09. The fraction of sp³-hybridized carbons (Fsp3) is 0.154. The molecule has 0 saturated carbocycles. The number of H-pyrrole nitrogens is 1. The Balaban J connectivity index is 1.98. The van der Waals surface area contributed by atoms with E-state index < -0.39 is 0 Å². The quantitative estimate of drug-likeness (QED) is 0.570. The summed E-state index contributed by atoms with van der Waals surface area (Å²) in [6.45, 7) is 0.750. The van der Waals surface area contributed by atoms with Gasteiger partial charge in [-0.1, -0.05) is 0 Å². The standard InChI is InChI=1S/C13H15N7/c1-15-6-8-4-10(5-9-7-17-20-12(8)9)18-11-2-3-16-13(14)19-11/h2-5,7,15H,6H2,1H3,(H,17,20)(H3,14,16,18,19). The van der Waals surface area contributed by atoms with Crippen molar-refractivity contribution in [3.8, 4) is 0 Å². The summed E-state index contributed by atoms with van der Waals surface area (Å²) < 4.78 is 0. The maximum atomic E-state index is 5.58. The highest BCUT2D eigenvalue weighted by Gasteiger charge is 2.06. The highest BCUT2D eigenvalue weighted by molar-refractivity contribution is 5.86. The number of hydrogen-bond donors (Lipinski definition) is 4. The van der Waals surface area contributed by atoms with E-state index in [9.17, 15) is 0 Å². The number of nitrogens with one attached hydrogen (secondary N) is 3. The highest BCUT2D eigenvalue weighted by Crippen LogP contribution is 2.24. The number of nitrogen functional groups attached to an aromatic ring is 1. The molecule has 0 unspecified atom stereocenters. The van der Waals surface area contributed by atoms with Crippen molar-refractivity contribution in [3.63, 3.8) is 0 Å². The molecular formula is C13H15N7. The number of aromatic amines is 1. The van der Waals surface area contributed by atoms with Gasteiger partial charge in [0.2, 0.25) is 5.95 Å². The maximum Gasteiger partial charge on any atom is 0.221 e. The first-order valence-electron chi connectivity index (χ1n) is 6.22. The SMILES string of the molecule is CNCc1cc(Nc2ccnc(N)n2)cc2cn[nH]c12.